The van der Waals surface area contributed by atoms with E-state index in [2.05, 4.69) is 5.32 Å². The van der Waals surface area contributed by atoms with Gasteiger partial charge in [-0.2, -0.15) is 0 Å². The summed E-state index contributed by atoms with van der Waals surface area (Å²) >= 11 is 0.636. The molecule has 0 spiro atoms. The lowest BCUT2D eigenvalue weighted by atomic mass is 10.2. The number of carbonyl (C=O) groups excluding carboxylic acids is 3. The second kappa shape index (κ2) is 10.9. The molecule has 0 unspecified atom stereocenters. The van der Waals surface area contributed by atoms with Crippen molar-refractivity contribution in [2.24, 2.45) is 0 Å². The molecule has 0 bridgehead atoms. The van der Waals surface area contributed by atoms with Crippen molar-refractivity contribution >= 4 is 29.1 Å². The topological polar surface area (TPSA) is 105 Å². The first kappa shape index (κ1) is 20.3. The van der Waals surface area contributed by atoms with Crippen molar-refractivity contribution < 1.29 is 29.0 Å². The molecule has 0 saturated heterocycles. The minimum Gasteiger partial charge on any atom is -0.548 e. The Kier molecular flexibility index (Phi) is 8.18. The van der Waals surface area contributed by atoms with Gasteiger partial charge in [0.25, 0.3) is 0 Å². The lowest BCUT2D eigenvalue weighted by molar-refractivity contribution is -0.307. The van der Waals surface area contributed by atoms with Crippen LogP contribution in [-0.2, 0) is 27.5 Å². The Morgan fingerprint density at radius 1 is 0.889 bits per heavy atom. The number of amides is 1. The summed E-state index contributed by atoms with van der Waals surface area (Å²) in [6.45, 7) is 0.0773. The van der Waals surface area contributed by atoms with Gasteiger partial charge in [0.05, 0.1) is 12.0 Å². The van der Waals surface area contributed by atoms with Gasteiger partial charge in [-0.25, -0.2) is 9.59 Å². The van der Waals surface area contributed by atoms with Gasteiger partial charge in [-0.3, -0.25) is 0 Å². The monoisotopic (exact) mass is 388 g/mol. The minimum atomic E-state index is -1.52. The van der Waals surface area contributed by atoms with Crippen molar-refractivity contribution in [1.29, 1.82) is 0 Å². The molecule has 0 aliphatic rings. The largest absolute Gasteiger partial charge is 0.548 e. The normalized spacial score (nSPS) is 11.3. The summed E-state index contributed by atoms with van der Waals surface area (Å²) in [6, 6.07) is 16.6. The molecule has 1 N–H and O–H groups in total. The van der Waals surface area contributed by atoms with Crippen molar-refractivity contribution in [2.45, 2.75) is 19.3 Å². The first-order chi connectivity index (χ1) is 13.0. The fourth-order valence-corrected chi connectivity index (χ4v) is 2.65. The highest BCUT2D eigenvalue weighted by Gasteiger charge is 2.17. The molecule has 2 aromatic carbocycles. The highest BCUT2D eigenvalue weighted by Crippen LogP contribution is 2.11. The first-order valence-electron chi connectivity index (χ1n) is 8.06. The van der Waals surface area contributed by atoms with Crippen molar-refractivity contribution in [3.05, 3.63) is 71.8 Å². The number of benzene rings is 2. The van der Waals surface area contributed by atoms with E-state index in [0.29, 0.717) is 11.8 Å². The van der Waals surface area contributed by atoms with E-state index < -0.39 is 23.4 Å². The molecule has 0 fully saturated rings. The molecular formula is C19H18NO6S-. The summed E-state index contributed by atoms with van der Waals surface area (Å²) in [5.74, 6) is -1.76. The quantitative estimate of drug-likeness (QED) is 0.691. The maximum Gasteiger partial charge on any atom is 0.408 e. The maximum absolute atomic E-state index is 11.7. The number of alkyl carbamates (subject to hydrolysis) is 1. The Morgan fingerprint density at radius 2 is 1.41 bits per heavy atom. The zero-order chi connectivity index (χ0) is 19.5. The Morgan fingerprint density at radius 3 is 1.93 bits per heavy atom. The van der Waals surface area contributed by atoms with Gasteiger partial charge in [-0.15, -0.1) is 0 Å². The van der Waals surface area contributed by atoms with Crippen LogP contribution in [0.2, 0.25) is 0 Å². The van der Waals surface area contributed by atoms with E-state index in [4.69, 9.17) is 9.47 Å². The van der Waals surface area contributed by atoms with Crippen molar-refractivity contribution in [1.82, 2.24) is 5.32 Å². The van der Waals surface area contributed by atoms with Crippen LogP contribution >= 0.6 is 11.8 Å². The molecule has 0 aliphatic carbocycles. The molecular weight excluding hydrogens is 370 g/mol. The number of aliphatic carboxylic acids is 1. The predicted molar refractivity (Wildman–Crippen MR) is 97.6 cm³/mol. The first-order valence-corrected chi connectivity index (χ1v) is 9.04. The molecule has 2 rings (SSSR count). The Balaban J connectivity index is 1.73. The molecule has 2 aromatic rings. The number of nitrogens with one attached hydrogen (secondary N) is 1. The highest BCUT2D eigenvalue weighted by molar-refractivity contribution is 8.13. The van der Waals surface area contributed by atoms with Crippen LogP contribution in [-0.4, -0.2) is 29.2 Å². The number of carboxylic acids is 1. The van der Waals surface area contributed by atoms with E-state index in [1.165, 1.54) is 0 Å². The standard InChI is InChI=1S/C19H19NO6S/c21-17(22)16(20-18(23)25-11-14-7-3-1-4-8-14)13-27-19(24)26-12-15-9-5-2-6-10-15/h1-10,16H,11-13H2,(H,20,23)(H,21,22)/p-1/t16-/m0/s1. The summed E-state index contributed by atoms with van der Waals surface area (Å²) in [7, 11) is 0. The second-order valence-electron chi connectivity index (χ2n) is 5.41. The van der Waals surface area contributed by atoms with Crippen LogP contribution in [0.25, 0.3) is 0 Å². The van der Waals surface area contributed by atoms with Gasteiger partial charge >= 0.3 is 11.4 Å². The lowest BCUT2D eigenvalue weighted by Gasteiger charge is -2.18. The number of carboxylic acid groups (broad SMARTS) is 1. The maximum atomic E-state index is 11.7. The summed E-state index contributed by atoms with van der Waals surface area (Å²) in [6.07, 6.45) is -0.911. The molecule has 0 radical (unpaired) electrons. The van der Waals surface area contributed by atoms with Gasteiger partial charge in [0, 0.05) is 5.75 Å². The Bertz CT molecular complexity index is 753. The summed E-state index contributed by atoms with van der Waals surface area (Å²) < 4.78 is 9.99. The van der Waals surface area contributed by atoms with Crippen molar-refractivity contribution in [2.75, 3.05) is 5.75 Å². The molecule has 0 aromatic heterocycles. The van der Waals surface area contributed by atoms with E-state index in [1.807, 2.05) is 24.3 Å². The van der Waals surface area contributed by atoms with Gasteiger partial charge in [0.15, 0.2) is 0 Å². The number of ether oxygens (including phenoxy) is 2. The van der Waals surface area contributed by atoms with Crippen LogP contribution < -0.4 is 10.4 Å². The molecule has 0 heterocycles. The molecule has 7 nitrogen and oxygen atoms in total. The number of hydrogen-bond donors (Lipinski definition) is 1. The number of carbonyl (C=O) groups is 3. The minimum absolute atomic E-state index is 0.00129. The van der Waals surface area contributed by atoms with Gasteiger partial charge in [0.1, 0.15) is 13.2 Å². The van der Waals surface area contributed by atoms with E-state index >= 15 is 0 Å². The van der Waals surface area contributed by atoms with Crippen molar-refractivity contribution in [3.8, 4) is 0 Å². The third-order valence-electron chi connectivity index (χ3n) is 3.36. The number of thioether (sulfide) groups is 1. The molecule has 142 valence electrons. The molecule has 0 aliphatic heterocycles. The number of hydrogen-bond acceptors (Lipinski definition) is 7. The van der Waals surface area contributed by atoms with Gasteiger partial charge in [0.2, 0.25) is 0 Å². The second-order valence-corrected chi connectivity index (χ2v) is 6.37. The molecule has 27 heavy (non-hydrogen) atoms. The average Bonchev–Trinajstić information content (AvgIpc) is 2.69. The summed E-state index contributed by atoms with van der Waals surface area (Å²) in [5, 5.41) is 12.7. The zero-order valence-corrected chi connectivity index (χ0v) is 15.1. The van der Waals surface area contributed by atoms with E-state index in [0.717, 1.165) is 11.1 Å². The van der Waals surface area contributed by atoms with Gasteiger partial charge < -0.3 is 24.7 Å². The Labute approximate surface area is 160 Å². The molecule has 8 heteroatoms. The van der Waals surface area contributed by atoms with E-state index in [9.17, 15) is 19.5 Å². The molecule has 0 saturated carbocycles. The van der Waals surface area contributed by atoms with Crippen LogP contribution in [0.15, 0.2) is 60.7 Å². The van der Waals surface area contributed by atoms with Crippen LogP contribution in [0.3, 0.4) is 0 Å². The lowest BCUT2D eigenvalue weighted by Crippen LogP contribution is -2.49. The number of rotatable bonds is 8. The summed E-state index contributed by atoms with van der Waals surface area (Å²) in [5.41, 5.74) is 1.57. The Hall–Kier alpha value is -3.00. The van der Waals surface area contributed by atoms with Crippen molar-refractivity contribution in [3.63, 3.8) is 0 Å². The van der Waals surface area contributed by atoms with Crippen LogP contribution in [0.1, 0.15) is 11.1 Å². The fourth-order valence-electron chi connectivity index (χ4n) is 1.99. The smallest absolute Gasteiger partial charge is 0.408 e. The molecule has 1 atom stereocenters. The SMILES string of the molecule is O=C(N[C@@H](CSC(=O)OCc1ccccc1)C(=O)[O-])OCc1ccccc1. The highest BCUT2D eigenvalue weighted by atomic mass is 32.2. The predicted octanol–water partition coefficient (Wildman–Crippen LogP) is 2.10. The van der Waals surface area contributed by atoms with Gasteiger partial charge in [-0.05, 0) is 22.9 Å². The van der Waals surface area contributed by atoms with E-state index in [1.54, 1.807) is 36.4 Å². The summed E-state index contributed by atoms with van der Waals surface area (Å²) in [4.78, 5) is 34.6. The third kappa shape index (κ3) is 7.83. The third-order valence-corrected chi connectivity index (χ3v) is 4.21. The average molecular weight is 388 g/mol. The van der Waals surface area contributed by atoms with Crippen LogP contribution in [0.4, 0.5) is 9.59 Å². The van der Waals surface area contributed by atoms with E-state index in [-0.39, 0.29) is 19.0 Å². The van der Waals surface area contributed by atoms with Gasteiger partial charge in [-0.1, -0.05) is 60.7 Å². The van der Waals surface area contributed by atoms with Crippen LogP contribution in [0.5, 0.6) is 0 Å². The zero-order valence-electron chi connectivity index (χ0n) is 14.3. The fraction of sp³-hybridized carbons (Fsp3) is 0.211. The van der Waals surface area contributed by atoms with Crippen LogP contribution in [0, 0.1) is 0 Å². The molecule has 1 amide bonds.